The number of aromatic amines is 1. The van der Waals surface area contributed by atoms with Crippen LogP contribution in [0.1, 0.15) is 41.1 Å². The molecule has 10 heteroatoms. The Balaban J connectivity index is 0.000000858. The van der Waals surface area contributed by atoms with E-state index in [-0.39, 0.29) is 24.7 Å². The first kappa shape index (κ1) is 21.6. The molecule has 3 aromatic rings. The maximum absolute atomic E-state index is 12.2. The number of hydrogen-bond acceptors (Lipinski definition) is 6. The Morgan fingerprint density at radius 2 is 2.03 bits per heavy atom. The molecule has 31 heavy (non-hydrogen) atoms. The van der Waals surface area contributed by atoms with Crippen LogP contribution in [0.15, 0.2) is 40.8 Å². The molecule has 0 radical (unpaired) electrons. The molecule has 1 aliphatic heterocycles. The summed E-state index contributed by atoms with van der Waals surface area (Å²) >= 11 is 0. The van der Waals surface area contributed by atoms with Crippen molar-refractivity contribution in [1.29, 1.82) is 0 Å². The Bertz CT molecular complexity index is 1070. The first-order chi connectivity index (χ1) is 15.0. The van der Waals surface area contributed by atoms with E-state index in [0.717, 1.165) is 11.3 Å². The van der Waals surface area contributed by atoms with Crippen LogP contribution in [0, 0.1) is 0 Å². The summed E-state index contributed by atoms with van der Waals surface area (Å²) in [7, 11) is 1.54. The first-order valence-corrected chi connectivity index (χ1v) is 9.53. The van der Waals surface area contributed by atoms with E-state index in [1.165, 1.54) is 0 Å². The van der Waals surface area contributed by atoms with Gasteiger partial charge in [-0.3, -0.25) is 19.5 Å². The number of rotatable bonds is 5. The molecule has 1 atom stereocenters. The zero-order valence-electron chi connectivity index (χ0n) is 17.0. The summed E-state index contributed by atoms with van der Waals surface area (Å²) < 4.78 is 11.5. The molecule has 0 fully saturated rings. The average molecular weight is 426 g/mol. The minimum atomic E-state index is -0.397. The normalized spacial score (nSPS) is 14.5. The minimum absolute atomic E-state index is 0.173. The highest BCUT2D eigenvalue weighted by Crippen LogP contribution is 2.40. The minimum Gasteiger partial charge on any atom is -0.494 e. The fourth-order valence-corrected chi connectivity index (χ4v) is 3.37. The van der Waals surface area contributed by atoms with Crippen LogP contribution >= 0.6 is 0 Å². The third-order valence-corrected chi connectivity index (χ3v) is 4.67. The second-order valence-corrected chi connectivity index (χ2v) is 6.51. The van der Waals surface area contributed by atoms with E-state index in [9.17, 15) is 9.59 Å². The summed E-state index contributed by atoms with van der Waals surface area (Å²) in [5.41, 5.74) is 1.85. The lowest BCUT2D eigenvalue weighted by molar-refractivity contribution is -0.123. The fourth-order valence-electron chi connectivity index (χ4n) is 3.37. The number of benzene rings is 1. The Kier molecular flexibility index (Phi) is 6.71. The molecule has 0 saturated heterocycles. The molecule has 162 valence electrons. The molecule has 4 rings (SSSR count). The number of furan rings is 1. The van der Waals surface area contributed by atoms with E-state index >= 15 is 0 Å². The van der Waals surface area contributed by atoms with Gasteiger partial charge < -0.3 is 24.9 Å². The number of carbonyl (C=O) groups excluding carboxylic acids is 2. The summed E-state index contributed by atoms with van der Waals surface area (Å²) in [5, 5.41) is 19.0. The zero-order chi connectivity index (χ0) is 22.4. The van der Waals surface area contributed by atoms with Crippen molar-refractivity contribution in [3.63, 3.8) is 0 Å². The molecule has 0 saturated carbocycles. The SMILES string of the molecule is CCOc1ccc(-c2ccc(C3CC(=O)Nc4n[nH]c(C(=O)NC)c43)o2)cc1.O=CO. The van der Waals surface area contributed by atoms with Gasteiger partial charge in [0.25, 0.3) is 12.4 Å². The van der Waals surface area contributed by atoms with Crippen LogP contribution in [0.2, 0.25) is 0 Å². The van der Waals surface area contributed by atoms with Crippen molar-refractivity contribution in [3.8, 4) is 17.1 Å². The molecule has 2 amide bonds. The summed E-state index contributed by atoms with van der Waals surface area (Å²) in [6, 6.07) is 11.3. The van der Waals surface area contributed by atoms with Crippen molar-refractivity contribution in [2.75, 3.05) is 19.0 Å². The molecule has 10 nitrogen and oxygen atoms in total. The van der Waals surface area contributed by atoms with E-state index in [0.29, 0.717) is 35.2 Å². The lowest BCUT2D eigenvalue weighted by Crippen LogP contribution is -2.26. The zero-order valence-corrected chi connectivity index (χ0v) is 17.0. The van der Waals surface area contributed by atoms with Crippen molar-refractivity contribution < 1.29 is 28.6 Å². The van der Waals surface area contributed by atoms with Gasteiger partial charge in [-0.25, -0.2) is 0 Å². The van der Waals surface area contributed by atoms with Gasteiger partial charge in [0.15, 0.2) is 5.82 Å². The van der Waals surface area contributed by atoms with Crippen LogP contribution in [0.5, 0.6) is 5.75 Å². The third-order valence-electron chi connectivity index (χ3n) is 4.67. The molecule has 0 spiro atoms. The van der Waals surface area contributed by atoms with Crippen LogP contribution in [0.25, 0.3) is 11.3 Å². The molecule has 0 aliphatic carbocycles. The molecule has 2 aromatic heterocycles. The Morgan fingerprint density at radius 1 is 1.32 bits per heavy atom. The summed E-state index contributed by atoms with van der Waals surface area (Å²) in [6.45, 7) is 2.29. The van der Waals surface area contributed by atoms with Gasteiger partial charge >= 0.3 is 0 Å². The first-order valence-electron chi connectivity index (χ1n) is 9.53. The summed E-state index contributed by atoms with van der Waals surface area (Å²) in [5.74, 6) is 1.56. The van der Waals surface area contributed by atoms with Crippen LogP contribution in [-0.2, 0) is 9.59 Å². The van der Waals surface area contributed by atoms with Crippen molar-refractivity contribution in [2.24, 2.45) is 0 Å². The van der Waals surface area contributed by atoms with Gasteiger partial charge in [-0.2, -0.15) is 5.10 Å². The standard InChI is InChI=1S/C20H20N4O4.CH2O2/c1-3-27-12-6-4-11(5-7-12)14-8-9-15(28-14)13-10-16(25)22-19-17(13)18(23-24-19)20(26)21-2;2-1-3/h4-9,13H,3,10H2,1-2H3,(H,21,26)(H2,22,23,24,25);1H,(H,2,3). The number of nitrogens with one attached hydrogen (secondary N) is 3. The second-order valence-electron chi connectivity index (χ2n) is 6.51. The number of hydrogen-bond donors (Lipinski definition) is 4. The third kappa shape index (κ3) is 4.58. The lowest BCUT2D eigenvalue weighted by atomic mass is 9.89. The van der Waals surface area contributed by atoms with E-state index in [2.05, 4.69) is 20.8 Å². The van der Waals surface area contributed by atoms with E-state index < -0.39 is 5.92 Å². The monoisotopic (exact) mass is 426 g/mol. The van der Waals surface area contributed by atoms with E-state index in [1.54, 1.807) is 7.05 Å². The van der Waals surface area contributed by atoms with Crippen molar-refractivity contribution >= 4 is 24.1 Å². The number of fused-ring (bicyclic) bond motifs is 1. The van der Waals surface area contributed by atoms with Crippen LogP contribution < -0.4 is 15.4 Å². The molecule has 4 N–H and O–H groups in total. The quantitative estimate of drug-likeness (QED) is 0.459. The number of amides is 2. The highest BCUT2D eigenvalue weighted by atomic mass is 16.5. The van der Waals surface area contributed by atoms with Gasteiger partial charge in [0.2, 0.25) is 5.91 Å². The number of nitrogens with zero attached hydrogens (tertiary/aromatic N) is 1. The van der Waals surface area contributed by atoms with Crippen molar-refractivity contribution in [1.82, 2.24) is 15.5 Å². The molecule has 3 heterocycles. The second kappa shape index (κ2) is 9.61. The number of anilines is 1. The molecule has 0 bridgehead atoms. The summed E-state index contributed by atoms with van der Waals surface area (Å²) in [6.07, 6.45) is 0.173. The highest BCUT2D eigenvalue weighted by Gasteiger charge is 2.35. The van der Waals surface area contributed by atoms with Crippen LogP contribution in [0.3, 0.4) is 0 Å². The Hall–Kier alpha value is -4.08. The van der Waals surface area contributed by atoms with Crippen LogP contribution in [-0.4, -0.2) is 47.2 Å². The van der Waals surface area contributed by atoms with Crippen molar-refractivity contribution in [2.45, 2.75) is 19.3 Å². The summed E-state index contributed by atoms with van der Waals surface area (Å²) in [4.78, 5) is 32.7. The van der Waals surface area contributed by atoms with Gasteiger partial charge in [0, 0.05) is 24.6 Å². The largest absolute Gasteiger partial charge is 0.494 e. The molecule has 1 aliphatic rings. The molecule has 1 aromatic carbocycles. The highest BCUT2D eigenvalue weighted by molar-refractivity contribution is 6.00. The number of carbonyl (C=O) groups is 3. The average Bonchev–Trinajstić information content (AvgIpc) is 3.41. The van der Waals surface area contributed by atoms with Gasteiger partial charge in [0.05, 0.1) is 12.5 Å². The van der Waals surface area contributed by atoms with Crippen molar-refractivity contribution in [3.05, 3.63) is 53.4 Å². The smallest absolute Gasteiger partial charge is 0.290 e. The fraction of sp³-hybridized carbons (Fsp3) is 0.238. The van der Waals surface area contributed by atoms with Gasteiger partial charge in [0.1, 0.15) is 23.0 Å². The Labute approximate surface area is 177 Å². The number of ether oxygens (including phenoxy) is 1. The van der Waals surface area contributed by atoms with E-state index in [4.69, 9.17) is 19.1 Å². The molecular formula is C21H22N4O6. The molecule has 1 unspecified atom stereocenters. The topological polar surface area (TPSA) is 147 Å². The number of carboxylic acid groups (broad SMARTS) is 1. The molecular weight excluding hydrogens is 404 g/mol. The van der Waals surface area contributed by atoms with Gasteiger partial charge in [-0.05, 0) is 43.3 Å². The van der Waals surface area contributed by atoms with E-state index in [1.807, 2.05) is 43.3 Å². The number of aromatic nitrogens is 2. The van der Waals surface area contributed by atoms with Gasteiger partial charge in [-0.15, -0.1) is 0 Å². The predicted molar refractivity (Wildman–Crippen MR) is 111 cm³/mol. The number of H-pyrrole nitrogens is 1. The Morgan fingerprint density at radius 3 is 2.68 bits per heavy atom. The maximum atomic E-state index is 12.2. The lowest BCUT2D eigenvalue weighted by Gasteiger charge is -2.21. The van der Waals surface area contributed by atoms with Gasteiger partial charge in [-0.1, -0.05) is 0 Å². The van der Waals surface area contributed by atoms with Crippen LogP contribution in [0.4, 0.5) is 5.82 Å². The predicted octanol–water partition coefficient (Wildman–Crippen LogP) is 2.60. The maximum Gasteiger partial charge on any atom is 0.290 e.